The molecule has 0 saturated heterocycles. The second-order valence-corrected chi connectivity index (χ2v) is 8.98. The molecule has 12 heteroatoms. The number of methoxy groups -OCH3 is 1. The van der Waals surface area contributed by atoms with Gasteiger partial charge in [-0.3, -0.25) is 9.69 Å². The molecule has 0 bridgehead atoms. The lowest BCUT2D eigenvalue weighted by molar-refractivity contribution is -0.143. The van der Waals surface area contributed by atoms with Gasteiger partial charge in [0.25, 0.3) is 5.91 Å². The molecule has 0 N–H and O–H groups in total. The summed E-state index contributed by atoms with van der Waals surface area (Å²) in [5, 5.41) is 0.316. The largest absolute Gasteiger partial charge is 0.494 e. The molecular weight excluding hydrogens is 530 g/mol. The van der Waals surface area contributed by atoms with Gasteiger partial charge in [-0.15, -0.1) is 0 Å². The van der Waals surface area contributed by atoms with E-state index in [1.807, 2.05) is 0 Å². The molecule has 1 aromatic heterocycles. The van der Waals surface area contributed by atoms with E-state index < -0.39 is 35.0 Å². The van der Waals surface area contributed by atoms with E-state index in [4.69, 9.17) is 16.3 Å². The van der Waals surface area contributed by atoms with Gasteiger partial charge < -0.3 is 4.74 Å². The van der Waals surface area contributed by atoms with Crippen LogP contribution in [-0.4, -0.2) is 18.0 Å². The molecule has 188 valence electrons. The minimum absolute atomic E-state index is 0.0243. The van der Waals surface area contributed by atoms with Gasteiger partial charge in [-0.25, -0.2) is 4.98 Å². The van der Waals surface area contributed by atoms with E-state index in [0.717, 1.165) is 16.2 Å². The highest BCUT2D eigenvalue weighted by Gasteiger charge is 2.38. The monoisotopic (exact) mass is 544 g/mol. The molecule has 0 aliphatic rings. The number of hydrogen-bond acceptors (Lipinski definition) is 4. The molecule has 0 radical (unpaired) electrons. The molecule has 0 fully saturated rings. The summed E-state index contributed by atoms with van der Waals surface area (Å²) in [6.45, 7) is -0.170. The maximum absolute atomic E-state index is 13.5. The highest BCUT2D eigenvalue weighted by molar-refractivity contribution is 7.23. The summed E-state index contributed by atoms with van der Waals surface area (Å²) < 4.78 is 86.2. The fraction of sp³-hybridized carbons (Fsp3) is 0.167. The molecule has 3 aromatic carbocycles. The van der Waals surface area contributed by atoms with E-state index in [9.17, 15) is 31.1 Å². The Morgan fingerprint density at radius 2 is 1.58 bits per heavy atom. The van der Waals surface area contributed by atoms with Crippen LogP contribution in [0.25, 0.3) is 10.2 Å². The molecule has 0 unspecified atom stereocenters. The number of ether oxygens (including phenoxy) is 1. The van der Waals surface area contributed by atoms with E-state index in [1.165, 1.54) is 7.11 Å². The summed E-state index contributed by atoms with van der Waals surface area (Å²) >= 11 is 7.22. The molecular formula is C24H15ClF6N2O2S. The Morgan fingerprint density at radius 1 is 0.972 bits per heavy atom. The van der Waals surface area contributed by atoms with E-state index in [0.29, 0.717) is 38.7 Å². The Hall–Kier alpha value is -3.31. The molecule has 4 rings (SSSR count). The van der Waals surface area contributed by atoms with Gasteiger partial charge in [0.05, 0.1) is 34.5 Å². The molecule has 0 atom stereocenters. The molecule has 0 aliphatic carbocycles. The predicted molar refractivity (Wildman–Crippen MR) is 125 cm³/mol. The first kappa shape index (κ1) is 25.8. The van der Waals surface area contributed by atoms with E-state index >= 15 is 0 Å². The van der Waals surface area contributed by atoms with Crippen LogP contribution in [-0.2, 0) is 18.9 Å². The summed E-state index contributed by atoms with van der Waals surface area (Å²) in [5.74, 6) is -0.757. The molecule has 1 heterocycles. The van der Waals surface area contributed by atoms with Crippen LogP contribution in [0.15, 0.2) is 60.7 Å². The normalized spacial score (nSPS) is 12.1. The average molecular weight is 545 g/mol. The number of hydrogen-bond donors (Lipinski definition) is 0. The SMILES string of the molecule is COc1ccc(Cl)c2sc(N(Cc3ccccc3)C(=O)c3cc(C(F)(F)F)cc(C(F)(F)F)c3)nc12. The van der Waals surface area contributed by atoms with Crippen LogP contribution < -0.4 is 9.64 Å². The minimum Gasteiger partial charge on any atom is -0.494 e. The number of amides is 1. The second kappa shape index (κ2) is 9.62. The number of nitrogens with zero attached hydrogens (tertiary/aromatic N) is 2. The standard InChI is InChI=1S/C24H15ClF6N2O2S/c1-35-18-8-7-17(25)20-19(18)32-22(36-20)33(12-13-5-3-2-4-6-13)21(34)14-9-15(23(26,27)28)11-16(10-14)24(29,30)31/h2-11H,12H2,1H3. The Labute approximate surface area is 209 Å². The molecule has 1 amide bonds. The van der Waals surface area contributed by atoms with Crippen molar-refractivity contribution in [1.29, 1.82) is 0 Å². The van der Waals surface area contributed by atoms with Crippen molar-refractivity contribution in [2.45, 2.75) is 18.9 Å². The number of rotatable bonds is 5. The van der Waals surface area contributed by atoms with Crippen molar-refractivity contribution >= 4 is 44.2 Å². The molecule has 0 aliphatic heterocycles. The maximum atomic E-state index is 13.5. The second-order valence-electron chi connectivity index (χ2n) is 7.60. The van der Waals surface area contributed by atoms with E-state index in [2.05, 4.69) is 4.98 Å². The van der Waals surface area contributed by atoms with E-state index in [-0.39, 0.29) is 17.7 Å². The fourth-order valence-corrected chi connectivity index (χ4v) is 4.70. The third kappa shape index (κ3) is 5.26. The zero-order chi connectivity index (χ0) is 26.3. The Bertz CT molecular complexity index is 1390. The fourth-order valence-electron chi connectivity index (χ4n) is 3.45. The van der Waals surface area contributed by atoms with Crippen molar-refractivity contribution < 1.29 is 35.9 Å². The first-order valence-corrected chi connectivity index (χ1v) is 11.4. The third-order valence-electron chi connectivity index (χ3n) is 5.16. The van der Waals surface area contributed by atoms with Crippen LogP contribution in [0.4, 0.5) is 31.5 Å². The van der Waals surface area contributed by atoms with Crippen molar-refractivity contribution in [1.82, 2.24) is 4.98 Å². The summed E-state index contributed by atoms with van der Waals surface area (Å²) in [5.41, 5.74) is -3.09. The van der Waals surface area contributed by atoms with Gasteiger partial charge in [-0.2, -0.15) is 26.3 Å². The van der Waals surface area contributed by atoms with Gasteiger partial charge in [-0.1, -0.05) is 53.3 Å². The first-order valence-electron chi connectivity index (χ1n) is 10.2. The number of halogens is 7. The third-order valence-corrected chi connectivity index (χ3v) is 6.70. The van der Waals surface area contributed by atoms with Gasteiger partial charge >= 0.3 is 12.4 Å². The van der Waals surface area contributed by atoms with E-state index in [1.54, 1.807) is 42.5 Å². The number of carbonyl (C=O) groups is 1. The van der Waals surface area contributed by atoms with Gasteiger partial charge in [0.2, 0.25) is 0 Å². The highest BCUT2D eigenvalue weighted by atomic mass is 35.5. The number of fused-ring (bicyclic) bond motifs is 1. The van der Waals surface area contributed by atoms with Crippen molar-refractivity contribution in [3.05, 3.63) is 87.9 Å². The van der Waals surface area contributed by atoms with Crippen LogP contribution in [0, 0.1) is 0 Å². The van der Waals surface area contributed by atoms with Crippen LogP contribution in [0.1, 0.15) is 27.0 Å². The first-order chi connectivity index (χ1) is 16.9. The Morgan fingerprint density at radius 3 is 2.14 bits per heavy atom. The minimum atomic E-state index is -5.10. The lowest BCUT2D eigenvalue weighted by Crippen LogP contribution is -2.31. The maximum Gasteiger partial charge on any atom is 0.416 e. The number of thiazole rings is 1. The highest BCUT2D eigenvalue weighted by Crippen LogP contribution is 2.41. The molecule has 4 nitrogen and oxygen atoms in total. The number of carbonyl (C=O) groups excluding carboxylic acids is 1. The lowest BCUT2D eigenvalue weighted by atomic mass is 10.0. The number of aromatic nitrogens is 1. The predicted octanol–water partition coefficient (Wildman–Crippen LogP) is 7.84. The number of benzene rings is 3. The average Bonchev–Trinajstić information content (AvgIpc) is 3.28. The van der Waals surface area contributed by atoms with Crippen molar-refractivity contribution in [2.24, 2.45) is 0 Å². The lowest BCUT2D eigenvalue weighted by Gasteiger charge is -2.21. The summed E-state index contributed by atoms with van der Waals surface area (Å²) in [6.07, 6.45) is -10.2. The molecule has 0 saturated carbocycles. The van der Waals surface area contributed by atoms with Crippen molar-refractivity contribution in [3.63, 3.8) is 0 Å². The Balaban J connectivity index is 1.89. The van der Waals surface area contributed by atoms with Gasteiger partial charge in [-0.05, 0) is 35.9 Å². The van der Waals surface area contributed by atoms with Gasteiger partial charge in [0.15, 0.2) is 5.13 Å². The van der Waals surface area contributed by atoms with Crippen LogP contribution in [0.3, 0.4) is 0 Å². The van der Waals surface area contributed by atoms with Gasteiger partial charge in [0.1, 0.15) is 11.3 Å². The number of alkyl halides is 6. The summed E-state index contributed by atoms with van der Waals surface area (Å²) in [4.78, 5) is 18.9. The van der Waals surface area contributed by atoms with Crippen molar-refractivity contribution in [3.8, 4) is 5.75 Å². The zero-order valence-electron chi connectivity index (χ0n) is 18.2. The van der Waals surface area contributed by atoms with Crippen LogP contribution in [0.5, 0.6) is 5.75 Å². The quantitative estimate of drug-likeness (QED) is 0.240. The van der Waals surface area contributed by atoms with Crippen molar-refractivity contribution in [2.75, 3.05) is 12.0 Å². The van der Waals surface area contributed by atoms with Crippen LogP contribution in [0.2, 0.25) is 5.02 Å². The molecule has 0 spiro atoms. The number of anilines is 1. The summed E-state index contributed by atoms with van der Waals surface area (Å²) in [7, 11) is 1.40. The molecule has 4 aromatic rings. The smallest absolute Gasteiger partial charge is 0.416 e. The summed E-state index contributed by atoms with van der Waals surface area (Å²) in [6, 6.07) is 12.3. The Kier molecular flexibility index (Phi) is 6.89. The van der Waals surface area contributed by atoms with Gasteiger partial charge in [0, 0.05) is 5.56 Å². The molecule has 36 heavy (non-hydrogen) atoms. The van der Waals surface area contributed by atoms with Crippen LogP contribution >= 0.6 is 22.9 Å². The zero-order valence-corrected chi connectivity index (χ0v) is 19.8. The topological polar surface area (TPSA) is 42.4 Å².